The van der Waals surface area contributed by atoms with Crippen LogP contribution in [0.5, 0.6) is 0 Å². The maximum atomic E-state index is 12.9. The number of amides is 1. The van der Waals surface area contributed by atoms with Crippen molar-refractivity contribution in [1.29, 1.82) is 0 Å². The summed E-state index contributed by atoms with van der Waals surface area (Å²) in [5.41, 5.74) is 2.29. The zero-order chi connectivity index (χ0) is 23.5. The Morgan fingerprint density at radius 1 is 1.28 bits per heavy atom. The lowest BCUT2D eigenvalue weighted by atomic mass is 10.1. The van der Waals surface area contributed by atoms with Crippen LogP contribution in [0.3, 0.4) is 0 Å². The quantitative estimate of drug-likeness (QED) is 0.486. The Hall–Kier alpha value is -1.54. The predicted octanol–water partition coefficient (Wildman–Crippen LogP) is 4.70. The van der Waals surface area contributed by atoms with Crippen LogP contribution < -0.4 is 5.32 Å². The summed E-state index contributed by atoms with van der Waals surface area (Å²) in [7, 11) is 1.12. The third-order valence-electron chi connectivity index (χ3n) is 5.70. The van der Waals surface area contributed by atoms with Gasteiger partial charge in [-0.15, -0.1) is 11.3 Å². The van der Waals surface area contributed by atoms with Crippen molar-refractivity contribution in [3.63, 3.8) is 0 Å². The molecule has 1 heterocycles. The van der Waals surface area contributed by atoms with Gasteiger partial charge in [0.1, 0.15) is 0 Å². The molecule has 1 atom stereocenters. The van der Waals surface area contributed by atoms with Crippen molar-refractivity contribution in [3.8, 4) is 0 Å². The molecule has 8 heteroatoms. The van der Waals surface area contributed by atoms with Gasteiger partial charge in [0, 0.05) is 45.6 Å². The summed E-state index contributed by atoms with van der Waals surface area (Å²) in [6, 6.07) is 7.33. The van der Waals surface area contributed by atoms with E-state index in [1.54, 1.807) is 17.5 Å². The Morgan fingerprint density at radius 3 is 2.50 bits per heavy atom. The van der Waals surface area contributed by atoms with Gasteiger partial charge in [-0.1, -0.05) is 23.7 Å². The first-order valence-electron chi connectivity index (χ1n) is 10.7. The van der Waals surface area contributed by atoms with Crippen molar-refractivity contribution < 1.29 is 13.8 Å². The molecule has 3 rings (SSSR count). The number of rotatable bonds is 10. The third-order valence-corrected chi connectivity index (χ3v) is 9.34. The van der Waals surface area contributed by atoms with E-state index >= 15 is 0 Å². The zero-order valence-electron chi connectivity index (χ0n) is 19.1. The number of likely N-dealkylation sites (N-methyl/N-ethyl adjacent to an activating group) is 1. The normalized spacial score (nSPS) is 16.1. The molecular weight excluding hydrogens is 464 g/mol. The van der Waals surface area contributed by atoms with E-state index in [9.17, 15) is 13.8 Å². The van der Waals surface area contributed by atoms with Crippen LogP contribution in [0.2, 0.25) is 5.02 Å². The molecule has 0 saturated heterocycles. The van der Waals surface area contributed by atoms with Gasteiger partial charge in [0.05, 0.1) is 15.2 Å². The van der Waals surface area contributed by atoms with Crippen molar-refractivity contribution in [3.05, 3.63) is 56.2 Å². The molecule has 1 aromatic heterocycles. The molecule has 1 saturated carbocycles. The Labute approximate surface area is 202 Å². The van der Waals surface area contributed by atoms with Crippen LogP contribution in [-0.2, 0) is 23.8 Å². The van der Waals surface area contributed by atoms with Crippen molar-refractivity contribution >= 4 is 45.9 Å². The van der Waals surface area contributed by atoms with Gasteiger partial charge < -0.3 is 10.2 Å². The van der Waals surface area contributed by atoms with Crippen LogP contribution in [0.4, 0.5) is 0 Å². The number of nitrogens with zero attached hydrogens (tertiary/aromatic N) is 1. The summed E-state index contributed by atoms with van der Waals surface area (Å²) in [6.07, 6.45) is 3.39. The Balaban J connectivity index is 1.62. The fourth-order valence-corrected chi connectivity index (χ4v) is 7.03. The maximum Gasteiger partial charge on any atom is 0.252 e. The van der Waals surface area contributed by atoms with Crippen molar-refractivity contribution in [2.24, 2.45) is 0 Å². The lowest BCUT2D eigenvalue weighted by molar-refractivity contribution is 0.0950. The number of carbonyl (C=O) groups is 2. The molecular formula is C24H31ClN2O3S2. The van der Waals surface area contributed by atoms with E-state index in [4.69, 9.17) is 11.6 Å². The second kappa shape index (κ2) is 10.2. The van der Waals surface area contributed by atoms with Crippen LogP contribution in [0.25, 0.3) is 0 Å². The second-order valence-corrected chi connectivity index (χ2v) is 13.4. The molecule has 0 radical (unpaired) electrons. The fraction of sp³-hybridized carbons (Fsp3) is 0.500. The van der Waals surface area contributed by atoms with Gasteiger partial charge in [0.25, 0.3) is 5.91 Å². The highest BCUT2D eigenvalue weighted by atomic mass is 35.5. The molecule has 1 aliphatic carbocycles. The lowest BCUT2D eigenvalue weighted by Gasteiger charge is -2.29. The monoisotopic (exact) mass is 494 g/mol. The average molecular weight is 495 g/mol. The van der Waals surface area contributed by atoms with Gasteiger partial charge in [-0.25, -0.2) is 0 Å². The van der Waals surface area contributed by atoms with E-state index in [0.29, 0.717) is 35.0 Å². The van der Waals surface area contributed by atoms with Crippen LogP contribution in [0.15, 0.2) is 29.6 Å². The van der Waals surface area contributed by atoms with E-state index in [1.165, 1.54) is 11.3 Å². The largest absolute Gasteiger partial charge is 0.348 e. The molecule has 1 amide bonds. The smallest absolute Gasteiger partial charge is 0.252 e. The molecule has 1 N–H and O–H groups in total. The van der Waals surface area contributed by atoms with E-state index in [-0.39, 0.29) is 15.4 Å². The summed E-state index contributed by atoms with van der Waals surface area (Å²) in [5.74, 6) is -0.186. The Kier molecular flexibility index (Phi) is 7.97. The number of carbonyl (C=O) groups excluding carboxylic acids is 2. The van der Waals surface area contributed by atoms with Crippen LogP contribution in [0, 0.1) is 0 Å². The summed E-state index contributed by atoms with van der Waals surface area (Å²) in [6.45, 7) is 7.93. The molecule has 174 valence electrons. The highest BCUT2D eigenvalue weighted by Gasteiger charge is 2.52. The summed E-state index contributed by atoms with van der Waals surface area (Å²) >= 11 is 7.21. The van der Waals surface area contributed by atoms with Gasteiger partial charge >= 0.3 is 0 Å². The van der Waals surface area contributed by atoms with Crippen molar-refractivity contribution in [2.75, 3.05) is 20.1 Å². The summed E-state index contributed by atoms with van der Waals surface area (Å²) in [5, 5.41) is 5.34. The molecule has 32 heavy (non-hydrogen) atoms. The maximum absolute atomic E-state index is 12.9. The highest BCUT2D eigenvalue weighted by molar-refractivity contribution is 7.88. The summed E-state index contributed by atoms with van der Waals surface area (Å²) < 4.78 is 12.6. The van der Waals surface area contributed by atoms with Gasteiger partial charge in [0.15, 0.2) is 6.29 Å². The Morgan fingerprint density at radius 2 is 1.94 bits per heavy atom. The molecule has 2 aromatic rings. The minimum Gasteiger partial charge on any atom is -0.348 e. The number of hydrogen-bond donors (Lipinski definition) is 1. The minimum atomic E-state index is -0.906. The standard InChI is InChI=1S/C24H31ClN2O3S2/c1-23(2,3)32(30)24(10-11-24)16-27(4)12-9-19-20(15-31-21(19)14-28)22(29)26-13-17-5-7-18(25)8-6-17/h5-8,14-15H,9-13,16H2,1-4H3,(H,26,29). The first-order valence-corrected chi connectivity index (χ1v) is 13.2. The molecule has 0 bridgehead atoms. The van der Waals surface area contributed by atoms with Crippen LogP contribution in [-0.4, -0.2) is 50.9 Å². The minimum absolute atomic E-state index is 0.131. The molecule has 1 fully saturated rings. The Bertz CT molecular complexity index is 992. The highest BCUT2D eigenvalue weighted by Crippen LogP contribution is 2.46. The fourth-order valence-electron chi connectivity index (χ4n) is 3.89. The average Bonchev–Trinajstić information content (AvgIpc) is 3.39. The van der Waals surface area contributed by atoms with E-state index < -0.39 is 10.8 Å². The van der Waals surface area contributed by atoms with Crippen LogP contribution >= 0.6 is 22.9 Å². The molecule has 0 aliphatic heterocycles. The molecule has 1 aliphatic rings. The first-order chi connectivity index (χ1) is 15.1. The topological polar surface area (TPSA) is 66.5 Å². The van der Waals surface area contributed by atoms with E-state index in [1.807, 2.05) is 40.0 Å². The van der Waals surface area contributed by atoms with Gasteiger partial charge in [-0.05, 0) is 70.3 Å². The predicted molar refractivity (Wildman–Crippen MR) is 133 cm³/mol. The number of halogens is 1. The van der Waals surface area contributed by atoms with Gasteiger partial charge in [-0.3, -0.25) is 13.8 Å². The SMILES string of the molecule is CN(CCc1c(C(=O)NCc2ccc(Cl)cc2)csc1C=O)CC1(S(=O)C(C)(C)C)CC1. The third kappa shape index (κ3) is 6.07. The number of thiophene rings is 1. The number of nitrogens with one attached hydrogen (secondary N) is 1. The zero-order valence-corrected chi connectivity index (χ0v) is 21.5. The van der Waals surface area contributed by atoms with Crippen LogP contribution in [0.1, 0.15) is 64.8 Å². The second-order valence-electron chi connectivity index (χ2n) is 9.47. The molecule has 1 aromatic carbocycles. The number of hydrogen-bond acceptors (Lipinski definition) is 5. The molecule has 1 unspecified atom stereocenters. The van der Waals surface area contributed by atoms with E-state index in [0.717, 1.165) is 36.8 Å². The lowest BCUT2D eigenvalue weighted by Crippen LogP contribution is -2.41. The molecule has 0 spiro atoms. The van der Waals surface area contributed by atoms with Crippen molar-refractivity contribution in [1.82, 2.24) is 10.2 Å². The first kappa shape index (κ1) is 25.1. The number of benzene rings is 1. The van der Waals surface area contributed by atoms with Crippen molar-refractivity contribution in [2.45, 2.75) is 56.1 Å². The number of aldehydes is 1. The van der Waals surface area contributed by atoms with Gasteiger partial charge in [0.2, 0.25) is 0 Å². The summed E-state index contributed by atoms with van der Waals surface area (Å²) in [4.78, 5) is 27.2. The molecule has 5 nitrogen and oxygen atoms in total. The van der Waals surface area contributed by atoms with E-state index in [2.05, 4.69) is 10.2 Å². The van der Waals surface area contributed by atoms with Gasteiger partial charge in [-0.2, -0.15) is 0 Å².